The van der Waals surface area contributed by atoms with E-state index in [-0.39, 0.29) is 13.0 Å². The number of ether oxygens (including phenoxy) is 3. The summed E-state index contributed by atoms with van der Waals surface area (Å²) in [5, 5.41) is 0. The Hall–Kier alpha value is -1.83. The fourth-order valence-electron chi connectivity index (χ4n) is 2.88. The average molecular weight is 404 g/mol. The first-order chi connectivity index (χ1) is 13.2. The number of ketones is 1. The van der Waals surface area contributed by atoms with E-state index in [2.05, 4.69) is 6.92 Å². The van der Waals surface area contributed by atoms with E-state index in [0.29, 0.717) is 6.42 Å². The molecule has 0 aromatic rings. The Morgan fingerprint density at radius 2 is 1.64 bits per heavy atom. The summed E-state index contributed by atoms with van der Waals surface area (Å²) in [7, 11) is 0. The highest BCUT2D eigenvalue weighted by molar-refractivity contribution is 5.86. The SMILES string of the molecule is CCCCCCCCC(=O)C(F)(F)C1C=C[C@H](OC(C)=O)[C@@H](COC(C)=O)O1. The van der Waals surface area contributed by atoms with Gasteiger partial charge in [0.1, 0.15) is 24.9 Å². The molecule has 8 heteroatoms. The summed E-state index contributed by atoms with van der Waals surface area (Å²) in [6, 6.07) is 0. The fraction of sp³-hybridized carbons (Fsp3) is 0.750. The minimum atomic E-state index is -3.71. The third kappa shape index (κ3) is 8.04. The molecule has 0 radical (unpaired) electrons. The van der Waals surface area contributed by atoms with Crippen molar-refractivity contribution in [1.82, 2.24) is 0 Å². The second-order valence-corrected chi connectivity index (χ2v) is 6.92. The molecule has 1 heterocycles. The van der Waals surface area contributed by atoms with Gasteiger partial charge in [-0.1, -0.05) is 39.0 Å². The van der Waals surface area contributed by atoms with Crippen LogP contribution in [0.5, 0.6) is 0 Å². The van der Waals surface area contributed by atoms with Gasteiger partial charge in [-0.2, -0.15) is 8.78 Å². The molecule has 1 unspecified atom stereocenters. The molecular formula is C20H30F2O6. The lowest BCUT2D eigenvalue weighted by molar-refractivity contribution is -0.192. The molecule has 3 atom stereocenters. The van der Waals surface area contributed by atoms with Crippen LogP contribution in [0.2, 0.25) is 0 Å². The monoisotopic (exact) mass is 404 g/mol. The summed E-state index contributed by atoms with van der Waals surface area (Å²) in [6.07, 6.45) is 3.42. The molecule has 0 amide bonds. The number of hydrogen-bond acceptors (Lipinski definition) is 6. The van der Waals surface area contributed by atoms with Gasteiger partial charge in [-0.15, -0.1) is 0 Å². The molecule has 6 nitrogen and oxygen atoms in total. The summed E-state index contributed by atoms with van der Waals surface area (Å²) in [5.74, 6) is -6.15. The quantitative estimate of drug-likeness (QED) is 0.280. The summed E-state index contributed by atoms with van der Waals surface area (Å²) < 4.78 is 44.2. The van der Waals surface area contributed by atoms with Crippen molar-refractivity contribution in [2.75, 3.05) is 6.61 Å². The smallest absolute Gasteiger partial charge is 0.334 e. The van der Waals surface area contributed by atoms with Crippen LogP contribution in [-0.4, -0.2) is 48.6 Å². The zero-order chi connectivity index (χ0) is 21.2. The largest absolute Gasteiger partial charge is 0.463 e. The first-order valence-electron chi connectivity index (χ1n) is 9.74. The van der Waals surface area contributed by atoms with Crippen molar-refractivity contribution >= 4 is 17.7 Å². The molecule has 1 aliphatic rings. The molecule has 0 saturated carbocycles. The highest BCUT2D eigenvalue weighted by Crippen LogP contribution is 2.31. The predicted octanol–water partition coefficient (Wildman–Crippen LogP) is 3.76. The molecule has 0 N–H and O–H groups in total. The molecule has 0 aromatic carbocycles. The Morgan fingerprint density at radius 3 is 2.25 bits per heavy atom. The average Bonchev–Trinajstić information content (AvgIpc) is 2.62. The minimum Gasteiger partial charge on any atom is -0.463 e. The Bertz CT molecular complexity index is 561. The van der Waals surface area contributed by atoms with Gasteiger partial charge in [-0.25, -0.2) is 0 Å². The number of carbonyl (C=O) groups excluding carboxylic acids is 3. The zero-order valence-electron chi connectivity index (χ0n) is 16.7. The van der Waals surface area contributed by atoms with E-state index >= 15 is 0 Å². The molecule has 1 rings (SSSR count). The molecule has 0 spiro atoms. The number of halogens is 2. The Kier molecular flexibility index (Phi) is 10.3. The number of Topliss-reactive ketones (excluding diaryl/α,β-unsaturated/α-hetero) is 1. The van der Waals surface area contributed by atoms with E-state index in [1.54, 1.807) is 0 Å². The van der Waals surface area contributed by atoms with Crippen molar-refractivity contribution in [2.24, 2.45) is 0 Å². The van der Waals surface area contributed by atoms with Gasteiger partial charge in [-0.3, -0.25) is 14.4 Å². The lowest BCUT2D eigenvalue weighted by Crippen LogP contribution is -2.50. The van der Waals surface area contributed by atoms with Crippen LogP contribution >= 0.6 is 0 Å². The van der Waals surface area contributed by atoms with Gasteiger partial charge >= 0.3 is 17.9 Å². The highest BCUT2D eigenvalue weighted by Gasteiger charge is 2.49. The first-order valence-corrected chi connectivity index (χ1v) is 9.74. The molecule has 0 aliphatic carbocycles. The molecule has 0 fully saturated rings. The van der Waals surface area contributed by atoms with Crippen LogP contribution in [0.15, 0.2) is 12.2 Å². The van der Waals surface area contributed by atoms with Gasteiger partial charge < -0.3 is 14.2 Å². The maximum absolute atomic E-state index is 14.6. The molecule has 0 saturated heterocycles. The van der Waals surface area contributed by atoms with Crippen LogP contribution in [-0.2, 0) is 28.6 Å². The lowest BCUT2D eigenvalue weighted by Gasteiger charge is -2.34. The van der Waals surface area contributed by atoms with Crippen LogP contribution in [0.1, 0.15) is 65.7 Å². The second kappa shape index (κ2) is 11.9. The molecule has 0 bridgehead atoms. The van der Waals surface area contributed by atoms with E-state index in [0.717, 1.165) is 45.1 Å². The number of esters is 2. The van der Waals surface area contributed by atoms with Crippen molar-refractivity contribution < 1.29 is 37.4 Å². The van der Waals surface area contributed by atoms with E-state index < -0.39 is 42.0 Å². The van der Waals surface area contributed by atoms with Gasteiger partial charge in [0.25, 0.3) is 0 Å². The highest BCUT2D eigenvalue weighted by atomic mass is 19.3. The van der Waals surface area contributed by atoms with Gasteiger partial charge in [0.15, 0.2) is 0 Å². The maximum Gasteiger partial charge on any atom is 0.334 e. The van der Waals surface area contributed by atoms with Crippen LogP contribution in [0.4, 0.5) is 8.78 Å². The Balaban J connectivity index is 2.68. The van der Waals surface area contributed by atoms with Crippen LogP contribution < -0.4 is 0 Å². The Labute approximate surface area is 164 Å². The molecule has 28 heavy (non-hydrogen) atoms. The molecule has 1 aliphatic heterocycles. The van der Waals surface area contributed by atoms with Crippen molar-refractivity contribution in [3.63, 3.8) is 0 Å². The minimum absolute atomic E-state index is 0.227. The third-order valence-corrected chi connectivity index (χ3v) is 4.40. The van der Waals surface area contributed by atoms with Crippen LogP contribution in [0.3, 0.4) is 0 Å². The van der Waals surface area contributed by atoms with E-state index in [1.165, 1.54) is 13.0 Å². The summed E-state index contributed by atoms with van der Waals surface area (Å²) >= 11 is 0. The van der Waals surface area contributed by atoms with E-state index in [4.69, 9.17) is 14.2 Å². The van der Waals surface area contributed by atoms with Crippen molar-refractivity contribution in [1.29, 1.82) is 0 Å². The van der Waals surface area contributed by atoms with Crippen molar-refractivity contribution in [3.05, 3.63) is 12.2 Å². The number of unbranched alkanes of at least 4 members (excludes halogenated alkanes) is 5. The van der Waals surface area contributed by atoms with Gasteiger partial charge in [0, 0.05) is 20.3 Å². The normalized spacial score (nSPS) is 22.0. The van der Waals surface area contributed by atoms with Crippen molar-refractivity contribution in [3.8, 4) is 0 Å². The lowest BCUT2D eigenvalue weighted by atomic mass is 9.98. The molecule has 0 aromatic heterocycles. The standard InChI is InChI=1S/C20H30F2O6/c1-4-5-6-7-8-9-10-18(25)20(21,22)19-12-11-16(27-15(3)24)17(28-19)13-26-14(2)23/h11-12,16-17,19H,4-10,13H2,1-3H3/t16-,17+,19?/m0/s1. The summed E-state index contributed by atoms with van der Waals surface area (Å²) in [5.41, 5.74) is 0. The number of alkyl halides is 2. The van der Waals surface area contributed by atoms with Gasteiger partial charge in [-0.05, 0) is 18.6 Å². The molecular weight excluding hydrogens is 374 g/mol. The van der Waals surface area contributed by atoms with E-state index in [9.17, 15) is 23.2 Å². The zero-order valence-corrected chi connectivity index (χ0v) is 16.7. The van der Waals surface area contributed by atoms with Gasteiger partial charge in [0.2, 0.25) is 5.78 Å². The van der Waals surface area contributed by atoms with Crippen LogP contribution in [0, 0.1) is 0 Å². The topological polar surface area (TPSA) is 78.9 Å². The number of carbonyl (C=O) groups is 3. The summed E-state index contributed by atoms with van der Waals surface area (Å²) in [6.45, 7) is 4.05. The number of rotatable bonds is 12. The second-order valence-electron chi connectivity index (χ2n) is 6.92. The molecule has 160 valence electrons. The van der Waals surface area contributed by atoms with E-state index in [1.807, 2.05) is 0 Å². The third-order valence-electron chi connectivity index (χ3n) is 4.40. The van der Waals surface area contributed by atoms with Gasteiger partial charge in [0.05, 0.1) is 0 Å². The van der Waals surface area contributed by atoms with Crippen LogP contribution in [0.25, 0.3) is 0 Å². The van der Waals surface area contributed by atoms with Crippen molar-refractivity contribution in [2.45, 2.75) is 90.0 Å². The first kappa shape index (κ1) is 24.2. The predicted molar refractivity (Wildman–Crippen MR) is 97.9 cm³/mol. The summed E-state index contributed by atoms with van der Waals surface area (Å²) in [4.78, 5) is 34.2. The maximum atomic E-state index is 14.6. The Morgan fingerprint density at radius 1 is 1.00 bits per heavy atom. The number of hydrogen-bond donors (Lipinski definition) is 0. The fourth-order valence-corrected chi connectivity index (χ4v) is 2.88.